The molecule has 0 fully saturated rings. The second-order valence-corrected chi connectivity index (χ2v) is 4.38. The summed E-state index contributed by atoms with van der Waals surface area (Å²) in [6, 6.07) is 12.4. The second-order valence-electron chi connectivity index (χ2n) is 3.95. The summed E-state index contributed by atoms with van der Waals surface area (Å²) in [4.78, 5) is 0. The highest BCUT2D eigenvalue weighted by atomic mass is 35.5. The molecule has 1 nitrogen and oxygen atoms in total. The van der Waals surface area contributed by atoms with Crippen molar-refractivity contribution in [1.82, 2.24) is 0 Å². The standard InChI is InChI=1S/C14H12ClN/c15-14-7-6-12(10-16)9-13(14)8-11-4-2-1-3-5-11/h1-7,13H,8-9H2. The maximum atomic E-state index is 8.87. The average Bonchev–Trinajstić information content (AvgIpc) is 2.33. The summed E-state index contributed by atoms with van der Waals surface area (Å²) in [5.41, 5.74) is 2.07. The molecule has 80 valence electrons. The minimum atomic E-state index is 0.253. The van der Waals surface area contributed by atoms with Gasteiger partial charge in [-0.05, 0) is 30.6 Å². The van der Waals surface area contributed by atoms with E-state index in [0.29, 0.717) is 0 Å². The molecule has 0 aliphatic heterocycles. The number of hydrogen-bond acceptors (Lipinski definition) is 1. The molecule has 0 bridgehead atoms. The number of hydrogen-bond donors (Lipinski definition) is 0. The Morgan fingerprint density at radius 2 is 2.00 bits per heavy atom. The zero-order valence-electron chi connectivity index (χ0n) is 8.86. The quantitative estimate of drug-likeness (QED) is 0.756. The molecule has 0 N–H and O–H groups in total. The maximum absolute atomic E-state index is 8.87. The normalized spacial score (nSPS) is 19.6. The Balaban J connectivity index is 2.11. The summed E-state index contributed by atoms with van der Waals surface area (Å²) in [5, 5.41) is 9.72. The Bertz CT molecular complexity index is 465. The molecule has 0 amide bonds. The van der Waals surface area contributed by atoms with Gasteiger partial charge < -0.3 is 0 Å². The highest BCUT2D eigenvalue weighted by Crippen LogP contribution is 2.30. The van der Waals surface area contributed by atoms with Gasteiger partial charge in [0.2, 0.25) is 0 Å². The van der Waals surface area contributed by atoms with Crippen LogP contribution in [0.4, 0.5) is 0 Å². The van der Waals surface area contributed by atoms with E-state index in [0.717, 1.165) is 23.4 Å². The summed E-state index contributed by atoms with van der Waals surface area (Å²) in [7, 11) is 0. The van der Waals surface area contributed by atoms with Gasteiger partial charge in [-0.1, -0.05) is 41.9 Å². The average molecular weight is 230 g/mol. The lowest BCUT2D eigenvalue weighted by atomic mass is 9.89. The highest BCUT2D eigenvalue weighted by Gasteiger charge is 2.18. The molecule has 1 unspecified atom stereocenters. The first kappa shape index (κ1) is 11.0. The minimum absolute atomic E-state index is 0.253. The molecule has 0 aromatic heterocycles. The molecular formula is C14H12ClN. The number of nitrogens with zero attached hydrogens (tertiary/aromatic N) is 1. The number of nitriles is 1. The zero-order valence-corrected chi connectivity index (χ0v) is 9.61. The molecule has 1 aliphatic rings. The fourth-order valence-corrected chi connectivity index (χ4v) is 2.12. The van der Waals surface area contributed by atoms with E-state index in [4.69, 9.17) is 16.9 Å². The van der Waals surface area contributed by atoms with Crippen LogP contribution in [0.25, 0.3) is 0 Å². The van der Waals surface area contributed by atoms with Gasteiger partial charge >= 0.3 is 0 Å². The third-order valence-corrected chi connectivity index (χ3v) is 3.20. The van der Waals surface area contributed by atoms with Crippen molar-refractivity contribution >= 4 is 11.6 Å². The fourth-order valence-electron chi connectivity index (χ4n) is 1.90. The van der Waals surface area contributed by atoms with Gasteiger partial charge in [0, 0.05) is 16.5 Å². The van der Waals surface area contributed by atoms with E-state index in [1.165, 1.54) is 5.56 Å². The van der Waals surface area contributed by atoms with Gasteiger partial charge in [0.25, 0.3) is 0 Å². The van der Waals surface area contributed by atoms with E-state index < -0.39 is 0 Å². The number of rotatable bonds is 2. The molecule has 2 rings (SSSR count). The van der Waals surface area contributed by atoms with Crippen LogP contribution in [-0.2, 0) is 6.42 Å². The summed E-state index contributed by atoms with van der Waals surface area (Å²) in [6.45, 7) is 0. The molecule has 1 aromatic rings. The molecule has 1 aromatic carbocycles. The van der Waals surface area contributed by atoms with Crippen LogP contribution in [0.2, 0.25) is 0 Å². The van der Waals surface area contributed by atoms with Crippen LogP contribution in [0.15, 0.2) is 53.1 Å². The molecule has 1 aliphatic carbocycles. The Labute approximate surface area is 101 Å². The molecule has 0 saturated carbocycles. The molecule has 0 heterocycles. The van der Waals surface area contributed by atoms with E-state index in [-0.39, 0.29) is 5.92 Å². The van der Waals surface area contributed by atoms with Crippen molar-refractivity contribution in [1.29, 1.82) is 5.26 Å². The van der Waals surface area contributed by atoms with Crippen molar-refractivity contribution < 1.29 is 0 Å². The predicted molar refractivity (Wildman–Crippen MR) is 65.9 cm³/mol. The number of allylic oxidation sites excluding steroid dienone is 4. The van der Waals surface area contributed by atoms with Gasteiger partial charge in [0.1, 0.15) is 0 Å². The van der Waals surface area contributed by atoms with Gasteiger partial charge in [-0.25, -0.2) is 0 Å². The lowest BCUT2D eigenvalue weighted by molar-refractivity contribution is 0.629. The Hall–Kier alpha value is -1.52. The zero-order chi connectivity index (χ0) is 11.4. The predicted octanol–water partition coefficient (Wildman–Crippen LogP) is 3.82. The second kappa shape index (κ2) is 5.01. The molecule has 16 heavy (non-hydrogen) atoms. The molecule has 1 atom stereocenters. The summed E-state index contributed by atoms with van der Waals surface area (Å²) in [6.07, 6.45) is 5.30. The largest absolute Gasteiger partial charge is 0.193 e. The lowest BCUT2D eigenvalue weighted by Gasteiger charge is -2.18. The van der Waals surface area contributed by atoms with Gasteiger partial charge in [-0.3, -0.25) is 0 Å². The molecular weight excluding hydrogens is 218 g/mol. The van der Waals surface area contributed by atoms with Crippen molar-refractivity contribution in [2.75, 3.05) is 0 Å². The topological polar surface area (TPSA) is 23.8 Å². The van der Waals surface area contributed by atoms with Crippen molar-refractivity contribution in [2.45, 2.75) is 12.8 Å². The van der Waals surface area contributed by atoms with E-state index >= 15 is 0 Å². The van der Waals surface area contributed by atoms with Crippen LogP contribution >= 0.6 is 11.6 Å². The van der Waals surface area contributed by atoms with Crippen LogP contribution in [0.1, 0.15) is 12.0 Å². The number of benzene rings is 1. The fraction of sp³-hybridized carbons (Fsp3) is 0.214. The lowest BCUT2D eigenvalue weighted by Crippen LogP contribution is -2.08. The Morgan fingerprint density at radius 1 is 1.25 bits per heavy atom. The monoisotopic (exact) mass is 229 g/mol. The van der Waals surface area contributed by atoms with Gasteiger partial charge in [0.15, 0.2) is 0 Å². The summed E-state index contributed by atoms with van der Waals surface area (Å²) < 4.78 is 0. The van der Waals surface area contributed by atoms with Gasteiger partial charge in [0.05, 0.1) is 6.07 Å². The van der Waals surface area contributed by atoms with Crippen LogP contribution in [-0.4, -0.2) is 0 Å². The van der Waals surface area contributed by atoms with Gasteiger partial charge in [-0.15, -0.1) is 0 Å². The van der Waals surface area contributed by atoms with Crippen LogP contribution < -0.4 is 0 Å². The van der Waals surface area contributed by atoms with E-state index in [1.807, 2.05) is 30.4 Å². The van der Waals surface area contributed by atoms with Crippen molar-refractivity contribution in [3.63, 3.8) is 0 Å². The van der Waals surface area contributed by atoms with Crippen molar-refractivity contribution in [3.8, 4) is 6.07 Å². The SMILES string of the molecule is N#CC1=CC=C(Cl)C(Cc2ccccc2)C1. The summed E-state index contributed by atoms with van der Waals surface area (Å²) >= 11 is 6.16. The number of halogens is 1. The first-order chi connectivity index (χ1) is 7.79. The highest BCUT2D eigenvalue weighted by molar-refractivity contribution is 6.30. The first-order valence-corrected chi connectivity index (χ1v) is 5.67. The third kappa shape index (κ3) is 2.53. The van der Waals surface area contributed by atoms with Crippen LogP contribution in [0.5, 0.6) is 0 Å². The van der Waals surface area contributed by atoms with Crippen molar-refractivity contribution in [2.24, 2.45) is 5.92 Å². The van der Waals surface area contributed by atoms with Crippen molar-refractivity contribution in [3.05, 3.63) is 58.7 Å². The first-order valence-electron chi connectivity index (χ1n) is 5.30. The third-order valence-electron chi connectivity index (χ3n) is 2.77. The van der Waals surface area contributed by atoms with Gasteiger partial charge in [-0.2, -0.15) is 5.26 Å². The molecule has 0 radical (unpaired) electrons. The van der Waals surface area contributed by atoms with Crippen LogP contribution in [0, 0.1) is 17.2 Å². The minimum Gasteiger partial charge on any atom is -0.193 e. The maximum Gasteiger partial charge on any atom is 0.0947 e. The Kier molecular flexibility index (Phi) is 3.44. The molecule has 0 spiro atoms. The van der Waals surface area contributed by atoms with E-state index in [2.05, 4.69) is 18.2 Å². The molecule has 2 heteroatoms. The van der Waals surface area contributed by atoms with Crippen LogP contribution in [0.3, 0.4) is 0 Å². The summed E-state index contributed by atoms with van der Waals surface area (Å²) in [5.74, 6) is 0.253. The molecule has 0 saturated heterocycles. The van der Waals surface area contributed by atoms with E-state index in [1.54, 1.807) is 0 Å². The Morgan fingerprint density at radius 3 is 2.69 bits per heavy atom. The smallest absolute Gasteiger partial charge is 0.0947 e. The van der Waals surface area contributed by atoms with E-state index in [9.17, 15) is 0 Å².